The second-order valence-corrected chi connectivity index (χ2v) is 7.74. The molecule has 1 N–H and O–H groups in total. The van der Waals surface area contributed by atoms with Crippen LogP contribution in [0.15, 0.2) is 35.2 Å². The summed E-state index contributed by atoms with van der Waals surface area (Å²) in [6.45, 7) is 3.72. The molecule has 2 aromatic rings. The number of rotatable bonds is 5. The number of aromatic nitrogens is 2. The van der Waals surface area contributed by atoms with Crippen molar-refractivity contribution in [2.24, 2.45) is 0 Å². The van der Waals surface area contributed by atoms with Crippen molar-refractivity contribution in [3.8, 4) is 5.75 Å². The van der Waals surface area contributed by atoms with E-state index in [-0.39, 0.29) is 10.7 Å². The van der Waals surface area contributed by atoms with E-state index in [2.05, 4.69) is 19.8 Å². The maximum atomic E-state index is 12.5. The number of nitrogens with zero attached hydrogens (tertiary/aromatic N) is 3. The summed E-state index contributed by atoms with van der Waals surface area (Å²) in [5.74, 6) is 1.63. The Kier molecular flexibility index (Phi) is 5.08. The van der Waals surface area contributed by atoms with Crippen molar-refractivity contribution >= 4 is 21.7 Å². The normalized spacial score (nSPS) is 15.0. The van der Waals surface area contributed by atoms with E-state index in [1.165, 1.54) is 12.5 Å². The molecule has 1 saturated heterocycles. The van der Waals surface area contributed by atoms with Gasteiger partial charge in [0.05, 0.1) is 12.0 Å². The zero-order chi connectivity index (χ0) is 17.9. The van der Waals surface area contributed by atoms with Gasteiger partial charge in [-0.2, -0.15) is 0 Å². The van der Waals surface area contributed by atoms with Crippen molar-refractivity contribution in [2.75, 3.05) is 29.8 Å². The van der Waals surface area contributed by atoms with Gasteiger partial charge in [0.2, 0.25) is 0 Å². The largest absolute Gasteiger partial charge is 0.496 e. The van der Waals surface area contributed by atoms with Crippen LogP contribution in [-0.4, -0.2) is 38.8 Å². The molecule has 0 amide bonds. The topological polar surface area (TPSA) is 84.4 Å². The van der Waals surface area contributed by atoms with Crippen molar-refractivity contribution in [1.82, 2.24) is 10.2 Å². The predicted molar refractivity (Wildman–Crippen MR) is 96.6 cm³/mol. The van der Waals surface area contributed by atoms with E-state index in [1.807, 2.05) is 0 Å². The molecule has 0 atom stereocenters. The number of sulfonamides is 1. The number of hydrogen-bond donors (Lipinski definition) is 1. The lowest BCUT2D eigenvalue weighted by atomic mass is 10.1. The zero-order valence-electron chi connectivity index (χ0n) is 14.4. The van der Waals surface area contributed by atoms with Gasteiger partial charge in [-0.1, -0.05) is 0 Å². The third-order valence-corrected chi connectivity index (χ3v) is 5.60. The van der Waals surface area contributed by atoms with Gasteiger partial charge in [0.15, 0.2) is 11.6 Å². The summed E-state index contributed by atoms with van der Waals surface area (Å²) in [5.41, 5.74) is 0.747. The number of anilines is 2. The van der Waals surface area contributed by atoms with Crippen LogP contribution in [0.4, 0.5) is 11.6 Å². The monoisotopic (exact) mass is 362 g/mol. The predicted octanol–water partition coefficient (Wildman–Crippen LogP) is 2.58. The smallest absolute Gasteiger partial charge is 0.263 e. The highest BCUT2D eigenvalue weighted by Crippen LogP contribution is 2.23. The number of methoxy groups -OCH3 is 1. The molecule has 0 unspecified atom stereocenters. The van der Waals surface area contributed by atoms with Crippen LogP contribution in [0, 0.1) is 6.92 Å². The molecule has 0 spiro atoms. The van der Waals surface area contributed by atoms with E-state index in [0.29, 0.717) is 5.75 Å². The maximum absolute atomic E-state index is 12.5. The van der Waals surface area contributed by atoms with E-state index in [1.54, 1.807) is 38.3 Å². The molecule has 134 valence electrons. The SMILES string of the molecule is COc1ccc(S(=O)(=O)Nc2ccc(N3CCCCC3)nn2)cc1C. The van der Waals surface area contributed by atoms with E-state index >= 15 is 0 Å². The molecule has 2 heterocycles. The zero-order valence-corrected chi connectivity index (χ0v) is 15.2. The second kappa shape index (κ2) is 7.26. The molecule has 0 aliphatic carbocycles. The van der Waals surface area contributed by atoms with Crippen LogP contribution in [0.1, 0.15) is 24.8 Å². The lowest BCUT2D eigenvalue weighted by Gasteiger charge is -2.27. The van der Waals surface area contributed by atoms with Crippen molar-refractivity contribution in [3.05, 3.63) is 35.9 Å². The highest BCUT2D eigenvalue weighted by molar-refractivity contribution is 7.92. The van der Waals surface area contributed by atoms with Crippen molar-refractivity contribution in [1.29, 1.82) is 0 Å². The van der Waals surface area contributed by atoms with Gasteiger partial charge in [-0.3, -0.25) is 4.72 Å². The number of ether oxygens (including phenoxy) is 1. The quantitative estimate of drug-likeness (QED) is 0.880. The molecule has 0 bridgehead atoms. The van der Waals surface area contributed by atoms with Crippen molar-refractivity contribution in [2.45, 2.75) is 31.1 Å². The minimum absolute atomic E-state index is 0.160. The number of hydrogen-bond acceptors (Lipinski definition) is 6. The molecule has 8 heteroatoms. The van der Waals surface area contributed by atoms with Crippen molar-refractivity contribution < 1.29 is 13.2 Å². The molecule has 1 fully saturated rings. The highest BCUT2D eigenvalue weighted by Gasteiger charge is 2.17. The van der Waals surface area contributed by atoms with Gasteiger partial charge in [0.1, 0.15) is 5.75 Å². The summed E-state index contributed by atoms with van der Waals surface area (Å²) < 4.78 is 32.6. The summed E-state index contributed by atoms with van der Waals surface area (Å²) in [4.78, 5) is 2.33. The fourth-order valence-corrected chi connectivity index (χ4v) is 3.97. The van der Waals surface area contributed by atoms with Crippen LogP contribution in [0.5, 0.6) is 5.75 Å². The molecular weight excluding hydrogens is 340 g/mol. The first kappa shape index (κ1) is 17.5. The van der Waals surface area contributed by atoms with E-state index in [0.717, 1.165) is 37.3 Å². The average molecular weight is 362 g/mol. The molecule has 0 saturated carbocycles. The number of aryl methyl sites for hydroxylation is 1. The number of piperidine rings is 1. The molecule has 1 aromatic carbocycles. The van der Waals surface area contributed by atoms with E-state index in [4.69, 9.17) is 4.74 Å². The van der Waals surface area contributed by atoms with Gasteiger partial charge in [-0.25, -0.2) is 8.42 Å². The van der Waals surface area contributed by atoms with Crippen LogP contribution < -0.4 is 14.4 Å². The summed E-state index contributed by atoms with van der Waals surface area (Å²) >= 11 is 0. The highest BCUT2D eigenvalue weighted by atomic mass is 32.2. The minimum atomic E-state index is -3.72. The first-order chi connectivity index (χ1) is 12.0. The molecular formula is C17H22N4O3S. The Morgan fingerprint density at radius 1 is 1.08 bits per heavy atom. The van der Waals surface area contributed by atoms with Crippen LogP contribution in [0.2, 0.25) is 0 Å². The Bertz CT molecular complexity index is 831. The van der Waals surface area contributed by atoms with Crippen LogP contribution in [0.3, 0.4) is 0 Å². The number of benzene rings is 1. The Balaban J connectivity index is 1.75. The summed E-state index contributed by atoms with van der Waals surface area (Å²) in [6.07, 6.45) is 3.53. The second-order valence-electron chi connectivity index (χ2n) is 6.06. The summed E-state index contributed by atoms with van der Waals surface area (Å²) in [7, 11) is -2.17. The number of nitrogens with one attached hydrogen (secondary N) is 1. The van der Waals surface area contributed by atoms with Crippen LogP contribution in [-0.2, 0) is 10.0 Å². The third kappa shape index (κ3) is 4.01. The lowest BCUT2D eigenvalue weighted by Crippen LogP contribution is -2.30. The molecule has 1 aromatic heterocycles. The Morgan fingerprint density at radius 3 is 2.44 bits per heavy atom. The van der Waals surface area contributed by atoms with Gasteiger partial charge >= 0.3 is 0 Å². The van der Waals surface area contributed by atoms with Gasteiger partial charge in [-0.15, -0.1) is 10.2 Å². The molecule has 0 radical (unpaired) electrons. The summed E-state index contributed by atoms with van der Waals surface area (Å²) in [5, 5.41) is 8.17. The minimum Gasteiger partial charge on any atom is -0.496 e. The third-order valence-electron chi connectivity index (χ3n) is 4.25. The molecule has 7 nitrogen and oxygen atoms in total. The van der Waals surface area contributed by atoms with Gasteiger partial charge in [0.25, 0.3) is 10.0 Å². The van der Waals surface area contributed by atoms with Gasteiger partial charge < -0.3 is 9.64 Å². The van der Waals surface area contributed by atoms with Gasteiger partial charge in [-0.05, 0) is 62.1 Å². The fraction of sp³-hybridized carbons (Fsp3) is 0.412. The van der Waals surface area contributed by atoms with E-state index in [9.17, 15) is 8.42 Å². The Hall–Kier alpha value is -2.35. The first-order valence-electron chi connectivity index (χ1n) is 8.26. The summed E-state index contributed by atoms with van der Waals surface area (Å²) in [6, 6.07) is 8.15. The van der Waals surface area contributed by atoms with Crippen molar-refractivity contribution in [3.63, 3.8) is 0 Å². The first-order valence-corrected chi connectivity index (χ1v) is 9.74. The molecule has 1 aliphatic heterocycles. The Morgan fingerprint density at radius 2 is 1.84 bits per heavy atom. The van der Waals surface area contributed by atoms with Crippen LogP contribution >= 0.6 is 0 Å². The fourth-order valence-electron chi connectivity index (χ4n) is 2.89. The standard InChI is InChI=1S/C17H22N4O3S/c1-13-12-14(6-7-15(13)24-2)25(22,23)20-16-8-9-17(19-18-16)21-10-4-3-5-11-21/h6-9,12H,3-5,10-11H2,1-2H3,(H,18,20). The maximum Gasteiger partial charge on any atom is 0.263 e. The van der Waals surface area contributed by atoms with E-state index < -0.39 is 10.0 Å². The lowest BCUT2D eigenvalue weighted by molar-refractivity contribution is 0.411. The van der Waals surface area contributed by atoms with Crippen LogP contribution in [0.25, 0.3) is 0 Å². The van der Waals surface area contributed by atoms with Gasteiger partial charge in [0, 0.05) is 13.1 Å². The Labute approximate surface area is 148 Å². The molecule has 3 rings (SSSR count). The molecule has 25 heavy (non-hydrogen) atoms. The molecule has 1 aliphatic rings. The average Bonchev–Trinajstić information content (AvgIpc) is 2.62.